The molecule has 0 unspecified atom stereocenters. The monoisotopic (exact) mass is 1030 g/mol. The normalized spacial score (nSPS) is 15.3. The third-order valence-corrected chi connectivity index (χ3v) is 16.7. The minimum absolute atomic E-state index is 0. The first-order valence-electron chi connectivity index (χ1n) is 21.0. The smallest absolute Gasteiger partial charge is 1.00 e. The second-order valence-electron chi connectivity index (χ2n) is 19.8. The maximum absolute atomic E-state index is 3.30. The number of allylic oxidation sites excluding steroid dienone is 16. The maximum atomic E-state index is 3.30. The van der Waals surface area contributed by atoms with Crippen LogP contribution in [-0.4, -0.2) is 10.9 Å². The Balaban J connectivity index is 0. The molecule has 6 rings (SSSR count). The van der Waals surface area contributed by atoms with E-state index >= 15 is 0 Å². The minimum Gasteiger partial charge on any atom is -1.00 e. The Hall–Kier alpha value is -0.860. The molecule has 60 heavy (non-hydrogen) atoms. The number of rotatable bonds is 2. The summed E-state index contributed by atoms with van der Waals surface area (Å²) >= 11 is 3.38. The van der Waals surface area contributed by atoms with E-state index in [2.05, 4.69) is 233 Å². The maximum Gasteiger partial charge on any atom is -1.00 e. The molecule has 4 aliphatic rings. The molecule has 4 aliphatic carbocycles. The molecule has 2 aromatic carbocycles. The molecule has 0 aliphatic heterocycles. The Morgan fingerprint density at radius 3 is 0.650 bits per heavy atom. The SMILES string of the molecule is CC1=[C-]CC(C(C)(C)C)=C1.CC1=[C-]CC(C(C)(C)C)=C1.CC1=[C-]CC(C(C)(C)C)=C1.CC1=[C-]CC(C(C)(C)C)=C1.C[Si](=[Zr+2])c1ccccc1.C[Si](=[Zr+2])c1ccccc1.[Cl-].[Cl-]. The average molecular weight is 1030 g/mol. The fourth-order valence-corrected chi connectivity index (χ4v) is 9.54. The number of hydrogen-bond donors (Lipinski definition) is 0. The van der Waals surface area contributed by atoms with Crippen LogP contribution in [0.15, 0.2) is 130 Å². The van der Waals surface area contributed by atoms with Gasteiger partial charge in [-0.05, 0) is 21.7 Å². The summed E-state index contributed by atoms with van der Waals surface area (Å²) in [6, 6.07) is 21.5. The van der Waals surface area contributed by atoms with Gasteiger partial charge in [0.05, 0.1) is 0 Å². The van der Waals surface area contributed by atoms with Crippen LogP contribution >= 0.6 is 0 Å². The van der Waals surface area contributed by atoms with Gasteiger partial charge in [0.25, 0.3) is 0 Å². The third kappa shape index (κ3) is 26.1. The van der Waals surface area contributed by atoms with Crippen molar-refractivity contribution >= 4 is 21.2 Å². The van der Waals surface area contributed by atoms with E-state index in [-0.39, 0.29) is 35.7 Å². The van der Waals surface area contributed by atoms with Gasteiger partial charge in [0.1, 0.15) is 0 Å². The Morgan fingerprint density at radius 1 is 0.383 bits per heavy atom. The molecular formula is C54H76Cl2Si2Zr2-2. The van der Waals surface area contributed by atoms with Crippen molar-refractivity contribution in [3.05, 3.63) is 154 Å². The predicted molar refractivity (Wildman–Crippen MR) is 254 cm³/mol. The predicted octanol–water partition coefficient (Wildman–Crippen LogP) is 8.58. The van der Waals surface area contributed by atoms with E-state index in [1.807, 2.05) is 0 Å². The fraction of sp³-hybridized carbons (Fsp3) is 0.481. The summed E-state index contributed by atoms with van der Waals surface area (Å²) in [5.74, 6) is 0. The van der Waals surface area contributed by atoms with Gasteiger partial charge in [0, 0.05) is 0 Å². The van der Waals surface area contributed by atoms with E-state index in [1.54, 1.807) is 57.0 Å². The summed E-state index contributed by atoms with van der Waals surface area (Å²) in [4.78, 5) is 0. The number of benzene rings is 2. The summed E-state index contributed by atoms with van der Waals surface area (Å²) in [7, 11) is 0. The zero-order chi connectivity index (χ0) is 44.5. The zero-order valence-electron chi connectivity index (χ0n) is 40.7. The van der Waals surface area contributed by atoms with Gasteiger partial charge in [-0.1, -0.05) is 111 Å². The van der Waals surface area contributed by atoms with Crippen molar-refractivity contribution in [3.63, 3.8) is 0 Å². The van der Waals surface area contributed by atoms with Crippen molar-refractivity contribution in [3.8, 4) is 0 Å². The van der Waals surface area contributed by atoms with Gasteiger partial charge >= 0.3 is 142 Å². The largest absolute Gasteiger partial charge is 1.00 e. The van der Waals surface area contributed by atoms with Crippen LogP contribution in [0, 0.1) is 46.0 Å². The van der Waals surface area contributed by atoms with Crippen LogP contribution in [0.5, 0.6) is 0 Å². The fourth-order valence-electron chi connectivity index (χ4n) is 5.70. The second kappa shape index (κ2) is 28.8. The van der Waals surface area contributed by atoms with Crippen LogP contribution in [-0.2, 0) is 46.7 Å². The van der Waals surface area contributed by atoms with E-state index < -0.39 is 0 Å². The van der Waals surface area contributed by atoms with Crippen molar-refractivity contribution in [2.45, 2.75) is 150 Å². The Morgan fingerprint density at radius 2 is 0.567 bits per heavy atom. The van der Waals surface area contributed by atoms with E-state index in [1.165, 1.54) is 44.6 Å². The van der Waals surface area contributed by atoms with Crippen LogP contribution < -0.4 is 35.2 Å². The standard InChI is InChI=1S/4C10H15.2C7H8Si.2ClH.2Zr/c4*1-8-5-6-9(7-8)10(2,3)4;2*1-8-7-5-3-2-4-6-7;;;;/h4*7H,6H2,1-4H3;2*2-6H,1H3;2*1H;;/q4*-1;;;;;2*+2/p-2. The second-order valence-corrected chi connectivity index (χ2v) is 34.5. The molecule has 0 heterocycles. The third-order valence-electron chi connectivity index (χ3n) is 10.1. The van der Waals surface area contributed by atoms with Crippen molar-refractivity contribution in [1.82, 2.24) is 0 Å². The van der Waals surface area contributed by atoms with E-state index in [4.69, 9.17) is 0 Å². The zero-order valence-corrected chi connectivity index (χ0v) is 49.1. The molecule has 0 amide bonds. The molecular weight excluding hydrogens is 958 g/mol. The molecule has 0 fully saturated rings. The minimum atomic E-state index is -0.122. The number of halogens is 2. The topological polar surface area (TPSA) is 0 Å². The van der Waals surface area contributed by atoms with Crippen LogP contribution in [0.25, 0.3) is 0 Å². The molecule has 0 saturated heterocycles. The first kappa shape index (κ1) is 61.2. The molecule has 0 aromatic heterocycles. The van der Waals surface area contributed by atoms with Crippen molar-refractivity contribution in [2.24, 2.45) is 21.7 Å². The molecule has 0 saturated carbocycles. The average Bonchev–Trinajstić information content (AvgIpc) is 3.95. The molecule has 0 bridgehead atoms. The summed E-state index contributed by atoms with van der Waals surface area (Å²) in [5.41, 5.74) is 12.3. The van der Waals surface area contributed by atoms with Gasteiger partial charge in [0.2, 0.25) is 0 Å². The molecule has 0 nitrogen and oxygen atoms in total. The van der Waals surface area contributed by atoms with Crippen LogP contribution in [0.4, 0.5) is 0 Å². The van der Waals surface area contributed by atoms with E-state index in [9.17, 15) is 0 Å². The summed E-state index contributed by atoms with van der Waals surface area (Å²) in [6.45, 7) is 40.1. The van der Waals surface area contributed by atoms with Gasteiger partial charge in [-0.15, -0.1) is 25.7 Å². The van der Waals surface area contributed by atoms with Gasteiger partial charge in [-0.3, -0.25) is 24.3 Å². The summed E-state index contributed by atoms with van der Waals surface area (Å²) in [6.07, 6.45) is 26.3. The summed E-state index contributed by atoms with van der Waals surface area (Å²) in [5, 5.41) is 3.11. The molecule has 0 N–H and O–H groups in total. The number of hydrogen-bond acceptors (Lipinski definition) is 0. The Kier molecular flexibility index (Phi) is 29.4. The Bertz CT molecular complexity index is 1670. The van der Waals surface area contributed by atoms with Crippen LogP contribution in [0.2, 0.25) is 13.1 Å². The van der Waals surface area contributed by atoms with Crippen molar-refractivity contribution in [1.29, 1.82) is 0 Å². The van der Waals surface area contributed by atoms with Crippen LogP contribution in [0.3, 0.4) is 0 Å². The van der Waals surface area contributed by atoms with E-state index in [0.29, 0.717) is 21.7 Å². The first-order chi connectivity index (χ1) is 26.6. The van der Waals surface area contributed by atoms with Gasteiger partial charge in [-0.25, -0.2) is 46.6 Å². The van der Waals surface area contributed by atoms with Crippen molar-refractivity contribution in [2.75, 3.05) is 0 Å². The molecule has 0 atom stereocenters. The van der Waals surface area contributed by atoms with Crippen molar-refractivity contribution < 1.29 is 71.5 Å². The molecule has 2 aromatic rings. The van der Waals surface area contributed by atoms with Gasteiger partial charge < -0.3 is 24.8 Å². The molecule has 6 heteroatoms. The quantitative estimate of drug-likeness (QED) is 0.209. The van der Waals surface area contributed by atoms with Gasteiger partial charge in [-0.2, -0.15) is 22.3 Å². The van der Waals surface area contributed by atoms with Gasteiger partial charge in [0.15, 0.2) is 0 Å². The summed E-state index contributed by atoms with van der Waals surface area (Å²) < 4.78 is 0. The molecule has 0 spiro atoms. The van der Waals surface area contributed by atoms with Crippen LogP contribution in [0.1, 0.15) is 136 Å². The molecule has 0 radical (unpaired) electrons. The first-order valence-corrected chi connectivity index (χ1v) is 32.3. The van der Waals surface area contributed by atoms with E-state index in [0.717, 1.165) is 25.7 Å². The Labute approximate surface area is 413 Å². The molecule has 324 valence electrons.